The zero-order valence-electron chi connectivity index (χ0n) is 13.0. The van der Waals surface area contributed by atoms with E-state index in [-0.39, 0.29) is 17.5 Å². The van der Waals surface area contributed by atoms with E-state index in [1.807, 2.05) is 24.3 Å². The van der Waals surface area contributed by atoms with E-state index in [0.29, 0.717) is 27.9 Å². The molecule has 2 N–H and O–H groups in total. The summed E-state index contributed by atoms with van der Waals surface area (Å²) in [5, 5.41) is 13.2. The summed E-state index contributed by atoms with van der Waals surface area (Å²) in [5.74, 6) is 0.189. The highest BCUT2D eigenvalue weighted by Gasteiger charge is 2.16. The molecule has 25 heavy (non-hydrogen) atoms. The van der Waals surface area contributed by atoms with E-state index in [4.69, 9.17) is 4.42 Å². The maximum atomic E-state index is 12.8. The first kappa shape index (κ1) is 14.9. The lowest BCUT2D eigenvalue weighted by Crippen LogP contribution is -2.14. The summed E-state index contributed by atoms with van der Waals surface area (Å²) < 4.78 is 5.39. The van der Waals surface area contributed by atoms with Gasteiger partial charge in [0.25, 0.3) is 5.91 Å². The number of anilines is 1. The van der Waals surface area contributed by atoms with E-state index in [1.165, 1.54) is 12.3 Å². The van der Waals surface area contributed by atoms with Crippen molar-refractivity contribution in [1.29, 1.82) is 0 Å². The van der Waals surface area contributed by atoms with Gasteiger partial charge in [-0.05, 0) is 36.4 Å². The van der Waals surface area contributed by atoms with Crippen LogP contribution in [0.5, 0.6) is 5.75 Å². The molecule has 0 saturated heterocycles. The van der Waals surface area contributed by atoms with Gasteiger partial charge in [-0.25, -0.2) is 9.97 Å². The molecular formula is C19H13N3O3. The van der Waals surface area contributed by atoms with Gasteiger partial charge in [0.05, 0.1) is 17.3 Å². The van der Waals surface area contributed by atoms with Crippen LogP contribution in [0.3, 0.4) is 0 Å². The Labute approximate surface area is 142 Å². The number of aromatic nitrogens is 2. The quantitative estimate of drug-likeness (QED) is 0.595. The van der Waals surface area contributed by atoms with Crippen molar-refractivity contribution in [3.8, 4) is 17.2 Å². The first-order valence-electron chi connectivity index (χ1n) is 7.61. The summed E-state index contributed by atoms with van der Waals surface area (Å²) in [6.45, 7) is 0. The van der Waals surface area contributed by atoms with Gasteiger partial charge in [0.15, 0.2) is 17.3 Å². The van der Waals surface area contributed by atoms with E-state index in [2.05, 4.69) is 15.3 Å². The van der Waals surface area contributed by atoms with Crippen molar-refractivity contribution in [2.75, 3.05) is 5.32 Å². The molecule has 0 saturated carbocycles. The zero-order chi connectivity index (χ0) is 17.2. The second-order valence-corrected chi connectivity index (χ2v) is 5.37. The molecule has 0 unspecified atom stereocenters. The molecule has 0 aliphatic carbocycles. The SMILES string of the molecule is O=C(Nc1ncccc1O)c1cc(-c2ccco2)nc2ccccc12. The Morgan fingerprint density at radius 3 is 2.76 bits per heavy atom. The minimum atomic E-state index is -0.389. The van der Waals surface area contributed by atoms with Gasteiger partial charge in [-0.3, -0.25) is 4.79 Å². The van der Waals surface area contributed by atoms with Crippen molar-refractivity contribution >= 4 is 22.6 Å². The van der Waals surface area contributed by atoms with Crippen molar-refractivity contribution in [1.82, 2.24) is 9.97 Å². The van der Waals surface area contributed by atoms with E-state index in [0.717, 1.165) is 0 Å². The first-order chi connectivity index (χ1) is 12.2. The number of hydrogen-bond acceptors (Lipinski definition) is 5. The fourth-order valence-electron chi connectivity index (χ4n) is 2.58. The Morgan fingerprint density at radius 1 is 1.08 bits per heavy atom. The summed E-state index contributed by atoms with van der Waals surface area (Å²) in [7, 11) is 0. The van der Waals surface area contributed by atoms with Crippen molar-refractivity contribution in [2.24, 2.45) is 0 Å². The molecule has 0 aliphatic heterocycles. The Hall–Kier alpha value is -3.67. The molecule has 1 amide bonds. The number of benzene rings is 1. The minimum Gasteiger partial charge on any atom is -0.504 e. The highest BCUT2D eigenvalue weighted by molar-refractivity contribution is 6.13. The molecule has 4 aromatic rings. The third-order valence-corrected chi connectivity index (χ3v) is 3.75. The number of nitrogens with zero attached hydrogens (tertiary/aromatic N) is 2. The van der Waals surface area contributed by atoms with E-state index < -0.39 is 0 Å². The molecule has 0 bridgehead atoms. The van der Waals surface area contributed by atoms with Gasteiger partial charge in [0.1, 0.15) is 5.69 Å². The smallest absolute Gasteiger partial charge is 0.257 e. The normalized spacial score (nSPS) is 10.7. The standard InChI is InChI=1S/C19H13N3O3/c23-16-7-3-9-20-18(16)22-19(24)13-11-15(17-8-4-10-25-17)21-14-6-2-1-5-12(13)14/h1-11,23H,(H,20,22,24). The van der Waals surface area contributed by atoms with Gasteiger partial charge in [-0.1, -0.05) is 18.2 Å². The lowest BCUT2D eigenvalue weighted by molar-refractivity contribution is 0.102. The Kier molecular flexibility index (Phi) is 3.63. The van der Waals surface area contributed by atoms with Gasteiger partial charge in [-0.15, -0.1) is 0 Å². The monoisotopic (exact) mass is 331 g/mol. The van der Waals surface area contributed by atoms with Crippen LogP contribution in [0.15, 0.2) is 71.5 Å². The van der Waals surface area contributed by atoms with Crippen LogP contribution in [0, 0.1) is 0 Å². The van der Waals surface area contributed by atoms with Crippen LogP contribution in [-0.2, 0) is 0 Å². The predicted octanol–water partition coefficient (Wildman–Crippen LogP) is 3.85. The van der Waals surface area contributed by atoms with Crippen LogP contribution < -0.4 is 5.32 Å². The molecule has 6 nitrogen and oxygen atoms in total. The number of fused-ring (bicyclic) bond motifs is 1. The number of aromatic hydroxyl groups is 1. The molecule has 3 aromatic heterocycles. The fraction of sp³-hybridized carbons (Fsp3) is 0. The second-order valence-electron chi connectivity index (χ2n) is 5.37. The maximum Gasteiger partial charge on any atom is 0.257 e. The number of furan rings is 1. The summed E-state index contributed by atoms with van der Waals surface area (Å²) in [6.07, 6.45) is 3.05. The Bertz CT molecular complexity index is 1060. The topological polar surface area (TPSA) is 88.2 Å². The number of carbonyl (C=O) groups excluding carboxylic acids is 1. The Morgan fingerprint density at radius 2 is 1.96 bits per heavy atom. The number of hydrogen-bond donors (Lipinski definition) is 2. The highest BCUT2D eigenvalue weighted by Crippen LogP contribution is 2.26. The lowest BCUT2D eigenvalue weighted by atomic mass is 10.1. The number of para-hydroxylation sites is 1. The van der Waals surface area contributed by atoms with Crippen LogP contribution in [0.4, 0.5) is 5.82 Å². The molecule has 1 aromatic carbocycles. The lowest BCUT2D eigenvalue weighted by Gasteiger charge is -2.10. The van der Waals surface area contributed by atoms with Crippen LogP contribution >= 0.6 is 0 Å². The molecule has 0 aliphatic rings. The van der Waals surface area contributed by atoms with Crippen molar-refractivity contribution < 1.29 is 14.3 Å². The zero-order valence-corrected chi connectivity index (χ0v) is 13.0. The number of nitrogens with one attached hydrogen (secondary N) is 1. The first-order valence-corrected chi connectivity index (χ1v) is 7.61. The fourth-order valence-corrected chi connectivity index (χ4v) is 2.58. The predicted molar refractivity (Wildman–Crippen MR) is 93.3 cm³/mol. The average Bonchev–Trinajstić information content (AvgIpc) is 3.17. The van der Waals surface area contributed by atoms with Gasteiger partial charge >= 0.3 is 0 Å². The molecule has 0 spiro atoms. The number of amides is 1. The molecule has 6 heteroatoms. The molecule has 0 atom stereocenters. The minimum absolute atomic E-state index is 0.0968. The third kappa shape index (κ3) is 2.81. The van der Waals surface area contributed by atoms with E-state index in [9.17, 15) is 9.90 Å². The summed E-state index contributed by atoms with van der Waals surface area (Å²) in [6, 6.07) is 15.6. The Balaban J connectivity index is 1.82. The number of carbonyl (C=O) groups is 1. The largest absolute Gasteiger partial charge is 0.504 e. The van der Waals surface area contributed by atoms with Gasteiger partial charge in [0, 0.05) is 11.6 Å². The summed E-state index contributed by atoms with van der Waals surface area (Å²) in [5.41, 5.74) is 1.65. The van der Waals surface area contributed by atoms with Crippen molar-refractivity contribution in [3.63, 3.8) is 0 Å². The van der Waals surface area contributed by atoms with Crippen LogP contribution in [0.1, 0.15) is 10.4 Å². The molecule has 0 fully saturated rings. The molecule has 122 valence electrons. The van der Waals surface area contributed by atoms with Crippen LogP contribution in [0.25, 0.3) is 22.4 Å². The van der Waals surface area contributed by atoms with Gasteiger partial charge < -0.3 is 14.8 Å². The van der Waals surface area contributed by atoms with Gasteiger partial charge in [0.2, 0.25) is 0 Å². The molecule has 0 radical (unpaired) electrons. The highest BCUT2D eigenvalue weighted by atomic mass is 16.3. The van der Waals surface area contributed by atoms with E-state index in [1.54, 1.807) is 30.5 Å². The second kappa shape index (κ2) is 6.09. The van der Waals surface area contributed by atoms with E-state index >= 15 is 0 Å². The maximum absolute atomic E-state index is 12.8. The van der Waals surface area contributed by atoms with Crippen molar-refractivity contribution in [3.05, 3.63) is 72.6 Å². The van der Waals surface area contributed by atoms with Crippen LogP contribution in [-0.4, -0.2) is 21.0 Å². The number of rotatable bonds is 3. The number of pyridine rings is 2. The molecule has 4 rings (SSSR count). The van der Waals surface area contributed by atoms with Crippen LogP contribution in [0.2, 0.25) is 0 Å². The van der Waals surface area contributed by atoms with Gasteiger partial charge in [-0.2, -0.15) is 0 Å². The summed E-state index contributed by atoms with van der Waals surface area (Å²) >= 11 is 0. The third-order valence-electron chi connectivity index (χ3n) is 3.75. The van der Waals surface area contributed by atoms with Crippen molar-refractivity contribution in [2.45, 2.75) is 0 Å². The average molecular weight is 331 g/mol. The molecule has 3 heterocycles. The summed E-state index contributed by atoms with van der Waals surface area (Å²) in [4.78, 5) is 21.3. The molecular weight excluding hydrogens is 318 g/mol.